The quantitative estimate of drug-likeness (QED) is 0.682. The van der Waals surface area contributed by atoms with Gasteiger partial charge in [-0.25, -0.2) is 0 Å². The van der Waals surface area contributed by atoms with Gasteiger partial charge in [0.05, 0.1) is 25.0 Å². The predicted octanol–water partition coefficient (Wildman–Crippen LogP) is -0.830. The van der Waals surface area contributed by atoms with E-state index in [4.69, 9.17) is 16.2 Å². The molecule has 7 heteroatoms. The van der Waals surface area contributed by atoms with Gasteiger partial charge in [0.25, 0.3) is 0 Å². The Hall–Kier alpha value is -0.790. The number of morpholine rings is 1. The Bertz CT molecular complexity index is 317. The maximum absolute atomic E-state index is 11.9. The van der Waals surface area contributed by atoms with Gasteiger partial charge in [-0.15, -0.1) is 11.8 Å². The SMILES string of the molecule is CC(C)(SCC(=O)N1CCOCC1)[C@@H](N)C(N)=O. The van der Waals surface area contributed by atoms with Gasteiger partial charge in [-0.1, -0.05) is 0 Å². The van der Waals surface area contributed by atoms with Gasteiger partial charge >= 0.3 is 0 Å². The van der Waals surface area contributed by atoms with Crippen molar-refractivity contribution in [3.63, 3.8) is 0 Å². The van der Waals surface area contributed by atoms with Gasteiger partial charge in [0.1, 0.15) is 0 Å². The minimum absolute atomic E-state index is 0.0491. The van der Waals surface area contributed by atoms with E-state index in [1.54, 1.807) is 4.90 Å². The van der Waals surface area contributed by atoms with E-state index < -0.39 is 16.7 Å². The molecule has 104 valence electrons. The van der Waals surface area contributed by atoms with Crippen molar-refractivity contribution >= 4 is 23.6 Å². The second-order valence-corrected chi connectivity index (χ2v) is 6.39. The summed E-state index contributed by atoms with van der Waals surface area (Å²) in [5.41, 5.74) is 10.9. The summed E-state index contributed by atoms with van der Waals surface area (Å²) in [6.45, 7) is 6.06. The summed E-state index contributed by atoms with van der Waals surface area (Å²) in [7, 11) is 0. The highest BCUT2D eigenvalue weighted by atomic mass is 32.2. The third kappa shape index (κ3) is 4.15. The van der Waals surface area contributed by atoms with Gasteiger partial charge in [-0.05, 0) is 13.8 Å². The lowest BCUT2D eigenvalue weighted by Gasteiger charge is -2.31. The molecule has 4 N–H and O–H groups in total. The van der Waals surface area contributed by atoms with Crippen LogP contribution in [0.25, 0.3) is 0 Å². The molecule has 0 aromatic heterocycles. The smallest absolute Gasteiger partial charge is 0.235 e. The zero-order valence-electron chi connectivity index (χ0n) is 10.8. The molecule has 0 radical (unpaired) electrons. The van der Waals surface area contributed by atoms with Gasteiger partial charge in [0, 0.05) is 17.8 Å². The fourth-order valence-corrected chi connectivity index (χ4v) is 2.56. The second-order valence-electron chi connectivity index (χ2n) is 4.77. The molecule has 1 atom stereocenters. The lowest BCUT2D eigenvalue weighted by atomic mass is 10.0. The number of ether oxygens (including phenoxy) is 1. The number of primary amides is 1. The number of nitrogens with zero attached hydrogens (tertiary/aromatic N) is 1. The molecule has 0 spiro atoms. The maximum Gasteiger partial charge on any atom is 0.235 e. The van der Waals surface area contributed by atoms with Crippen molar-refractivity contribution in [2.45, 2.75) is 24.6 Å². The molecule has 1 rings (SSSR count). The van der Waals surface area contributed by atoms with Crippen LogP contribution < -0.4 is 11.5 Å². The molecule has 1 heterocycles. The highest BCUT2D eigenvalue weighted by Gasteiger charge is 2.32. The van der Waals surface area contributed by atoms with E-state index in [1.165, 1.54) is 11.8 Å². The summed E-state index contributed by atoms with van der Waals surface area (Å²) in [6.07, 6.45) is 0. The van der Waals surface area contributed by atoms with Crippen molar-refractivity contribution in [3.8, 4) is 0 Å². The van der Waals surface area contributed by atoms with E-state index in [0.717, 1.165) is 0 Å². The topological polar surface area (TPSA) is 98.7 Å². The largest absolute Gasteiger partial charge is 0.378 e. The molecular weight excluding hydrogens is 254 g/mol. The zero-order chi connectivity index (χ0) is 13.8. The molecule has 0 aromatic carbocycles. The number of carbonyl (C=O) groups excluding carboxylic acids is 2. The van der Waals surface area contributed by atoms with Crippen LogP contribution in [0.2, 0.25) is 0 Å². The number of hydrogen-bond acceptors (Lipinski definition) is 5. The van der Waals surface area contributed by atoms with Gasteiger partial charge in [0.2, 0.25) is 11.8 Å². The lowest BCUT2D eigenvalue weighted by molar-refractivity contribution is -0.132. The van der Waals surface area contributed by atoms with Crippen LogP contribution in [0.15, 0.2) is 0 Å². The maximum atomic E-state index is 11.9. The second kappa shape index (κ2) is 6.40. The first kappa shape index (κ1) is 15.3. The summed E-state index contributed by atoms with van der Waals surface area (Å²) in [4.78, 5) is 24.8. The van der Waals surface area contributed by atoms with Gasteiger partial charge in [-0.3, -0.25) is 9.59 Å². The summed E-state index contributed by atoms with van der Waals surface area (Å²) in [5, 5.41) is 0. The number of amides is 2. The molecule has 0 aromatic rings. The van der Waals surface area contributed by atoms with Crippen molar-refractivity contribution < 1.29 is 14.3 Å². The van der Waals surface area contributed by atoms with E-state index in [9.17, 15) is 9.59 Å². The molecule has 18 heavy (non-hydrogen) atoms. The molecule has 0 bridgehead atoms. The number of rotatable bonds is 5. The molecule has 0 unspecified atom stereocenters. The number of nitrogens with two attached hydrogens (primary N) is 2. The van der Waals surface area contributed by atoms with E-state index >= 15 is 0 Å². The first-order valence-electron chi connectivity index (χ1n) is 5.89. The normalized spacial score (nSPS) is 18.5. The average Bonchev–Trinajstić information content (AvgIpc) is 2.36. The molecule has 1 fully saturated rings. The Morgan fingerprint density at radius 2 is 1.94 bits per heavy atom. The molecule has 0 aliphatic carbocycles. The van der Waals surface area contributed by atoms with Crippen LogP contribution in [0.5, 0.6) is 0 Å². The van der Waals surface area contributed by atoms with Gasteiger partial charge < -0.3 is 21.1 Å². The summed E-state index contributed by atoms with van der Waals surface area (Å²) in [6, 6.07) is -0.764. The Morgan fingerprint density at radius 1 is 1.39 bits per heavy atom. The van der Waals surface area contributed by atoms with Crippen molar-refractivity contribution in [1.82, 2.24) is 4.90 Å². The molecule has 0 saturated carbocycles. The fraction of sp³-hybridized carbons (Fsp3) is 0.818. The van der Waals surface area contributed by atoms with E-state index in [-0.39, 0.29) is 5.91 Å². The predicted molar refractivity (Wildman–Crippen MR) is 71.1 cm³/mol. The monoisotopic (exact) mass is 275 g/mol. The van der Waals surface area contributed by atoms with Crippen LogP contribution in [0.3, 0.4) is 0 Å². The lowest BCUT2D eigenvalue weighted by Crippen LogP contribution is -2.51. The minimum Gasteiger partial charge on any atom is -0.378 e. The van der Waals surface area contributed by atoms with Crippen LogP contribution in [0.1, 0.15) is 13.8 Å². The van der Waals surface area contributed by atoms with Crippen LogP contribution in [0.4, 0.5) is 0 Å². The first-order chi connectivity index (χ1) is 8.34. The fourth-order valence-electron chi connectivity index (χ4n) is 1.58. The van der Waals surface area contributed by atoms with Crippen LogP contribution in [-0.2, 0) is 14.3 Å². The van der Waals surface area contributed by atoms with E-state index in [1.807, 2.05) is 13.8 Å². The third-order valence-electron chi connectivity index (χ3n) is 2.99. The Kier molecular flexibility index (Phi) is 5.43. The zero-order valence-corrected chi connectivity index (χ0v) is 11.7. The molecular formula is C11H21N3O3S. The number of thioether (sulfide) groups is 1. The third-order valence-corrected chi connectivity index (χ3v) is 4.38. The standard InChI is InChI=1S/C11H21N3O3S/c1-11(2,9(12)10(13)16)18-7-8(15)14-3-5-17-6-4-14/h9H,3-7,12H2,1-2H3,(H2,13,16)/t9-/m0/s1. The summed E-state index contributed by atoms with van der Waals surface area (Å²) < 4.78 is 4.64. The Balaban J connectivity index is 2.43. The van der Waals surface area contributed by atoms with Gasteiger partial charge in [0.15, 0.2) is 0 Å². The Morgan fingerprint density at radius 3 is 2.44 bits per heavy atom. The van der Waals surface area contributed by atoms with Crippen molar-refractivity contribution in [1.29, 1.82) is 0 Å². The minimum atomic E-state index is -0.764. The van der Waals surface area contributed by atoms with E-state index in [0.29, 0.717) is 32.1 Å². The van der Waals surface area contributed by atoms with Crippen molar-refractivity contribution in [2.24, 2.45) is 11.5 Å². The highest BCUT2D eigenvalue weighted by molar-refractivity contribution is 8.01. The molecule has 1 aliphatic heterocycles. The molecule has 2 amide bonds. The van der Waals surface area contributed by atoms with Gasteiger partial charge in [-0.2, -0.15) is 0 Å². The Labute approximate surface area is 111 Å². The van der Waals surface area contributed by atoms with Crippen molar-refractivity contribution in [3.05, 3.63) is 0 Å². The van der Waals surface area contributed by atoms with Crippen LogP contribution in [-0.4, -0.2) is 59.6 Å². The number of carbonyl (C=O) groups is 2. The molecule has 1 saturated heterocycles. The number of hydrogen-bond donors (Lipinski definition) is 2. The van der Waals surface area contributed by atoms with Crippen LogP contribution >= 0.6 is 11.8 Å². The summed E-state index contributed by atoms with van der Waals surface area (Å²) in [5.74, 6) is -0.201. The van der Waals surface area contributed by atoms with E-state index in [2.05, 4.69) is 0 Å². The molecule has 6 nitrogen and oxygen atoms in total. The highest BCUT2D eigenvalue weighted by Crippen LogP contribution is 2.27. The van der Waals surface area contributed by atoms with Crippen molar-refractivity contribution in [2.75, 3.05) is 32.1 Å². The average molecular weight is 275 g/mol. The summed E-state index contributed by atoms with van der Waals surface area (Å²) >= 11 is 1.36. The first-order valence-corrected chi connectivity index (χ1v) is 6.87. The molecule has 1 aliphatic rings. The van der Waals surface area contributed by atoms with Crippen LogP contribution in [0, 0.1) is 0 Å².